The van der Waals surface area contributed by atoms with Gasteiger partial charge in [-0.15, -0.1) is 12.4 Å². The van der Waals surface area contributed by atoms with E-state index in [4.69, 9.17) is 5.73 Å². The van der Waals surface area contributed by atoms with Gasteiger partial charge in [-0.2, -0.15) is 0 Å². The zero-order chi connectivity index (χ0) is 15.7. The molecule has 0 atom stereocenters. The molecule has 9 heteroatoms. The average Bonchev–Trinajstić information content (AvgIpc) is 2.30. The van der Waals surface area contributed by atoms with Crippen molar-refractivity contribution in [2.75, 3.05) is 6.54 Å². The summed E-state index contributed by atoms with van der Waals surface area (Å²) >= 11 is 0. The van der Waals surface area contributed by atoms with Gasteiger partial charge in [0, 0.05) is 24.2 Å². The lowest BCUT2D eigenvalue weighted by Crippen LogP contribution is -2.48. The Labute approximate surface area is 130 Å². The van der Waals surface area contributed by atoms with Crippen LogP contribution in [0.4, 0.5) is 5.69 Å². The first kappa shape index (κ1) is 19.8. The molecule has 0 aliphatic heterocycles. The topological polar surface area (TPSA) is 115 Å². The number of halogens is 1. The number of aryl methyl sites for hydroxylation is 1. The van der Waals surface area contributed by atoms with Crippen LogP contribution in [-0.2, 0) is 10.0 Å². The number of nitrogens with one attached hydrogen (secondary N) is 1. The summed E-state index contributed by atoms with van der Waals surface area (Å²) in [5.41, 5.74) is 5.45. The Morgan fingerprint density at radius 1 is 1.33 bits per heavy atom. The second-order valence-electron chi connectivity index (χ2n) is 5.34. The Bertz CT molecular complexity index is 644. The van der Waals surface area contributed by atoms with E-state index in [-0.39, 0.29) is 29.5 Å². The van der Waals surface area contributed by atoms with Gasteiger partial charge in [0.25, 0.3) is 5.69 Å². The predicted molar refractivity (Wildman–Crippen MR) is 83.3 cm³/mol. The van der Waals surface area contributed by atoms with E-state index in [2.05, 4.69) is 4.72 Å². The first-order chi connectivity index (χ1) is 9.00. The molecule has 0 aliphatic rings. The van der Waals surface area contributed by atoms with E-state index in [1.165, 1.54) is 6.07 Å². The number of nitro groups is 1. The molecule has 0 fully saturated rings. The molecule has 0 saturated heterocycles. The molecule has 1 aromatic rings. The van der Waals surface area contributed by atoms with Crippen LogP contribution in [0.3, 0.4) is 0 Å². The molecule has 0 radical (unpaired) electrons. The maximum Gasteiger partial charge on any atom is 0.271 e. The molecule has 0 saturated carbocycles. The SMILES string of the molecule is Cc1cc([N+](=O)[O-])cc(S(=O)(=O)NC(C)(C)CN)c1C.Cl. The van der Waals surface area contributed by atoms with Crippen molar-refractivity contribution in [3.63, 3.8) is 0 Å². The fraction of sp³-hybridized carbons (Fsp3) is 0.500. The van der Waals surface area contributed by atoms with Crippen molar-refractivity contribution in [3.8, 4) is 0 Å². The summed E-state index contributed by atoms with van der Waals surface area (Å²) in [4.78, 5) is 10.2. The molecule has 1 rings (SSSR count). The Kier molecular flexibility index (Phi) is 6.31. The summed E-state index contributed by atoms with van der Waals surface area (Å²) in [5.74, 6) is 0. The van der Waals surface area contributed by atoms with Crippen LogP contribution in [0.25, 0.3) is 0 Å². The van der Waals surface area contributed by atoms with Crippen LogP contribution in [0.15, 0.2) is 17.0 Å². The number of hydrogen-bond donors (Lipinski definition) is 2. The van der Waals surface area contributed by atoms with E-state index in [0.717, 1.165) is 6.07 Å². The standard InChI is InChI=1S/C12H19N3O4S.ClH/c1-8-5-10(15(16)17)6-11(9(8)2)20(18,19)14-12(3,4)7-13;/h5-6,14H,7,13H2,1-4H3;1H. The zero-order valence-corrected chi connectivity index (χ0v) is 14.0. The van der Waals surface area contributed by atoms with Crippen molar-refractivity contribution in [3.05, 3.63) is 33.4 Å². The van der Waals surface area contributed by atoms with Gasteiger partial charge in [0.1, 0.15) is 0 Å². The first-order valence-electron chi connectivity index (χ1n) is 6.00. The van der Waals surface area contributed by atoms with E-state index in [0.29, 0.717) is 11.1 Å². The van der Waals surface area contributed by atoms with E-state index in [9.17, 15) is 18.5 Å². The Balaban J connectivity index is 0.00000400. The van der Waals surface area contributed by atoms with Crippen molar-refractivity contribution in [1.29, 1.82) is 0 Å². The van der Waals surface area contributed by atoms with Crippen LogP contribution in [-0.4, -0.2) is 25.4 Å². The normalized spacial score (nSPS) is 11.9. The highest BCUT2D eigenvalue weighted by Crippen LogP contribution is 2.26. The summed E-state index contributed by atoms with van der Waals surface area (Å²) in [7, 11) is -3.87. The molecule has 0 bridgehead atoms. The maximum atomic E-state index is 12.4. The lowest BCUT2D eigenvalue weighted by molar-refractivity contribution is -0.385. The number of benzene rings is 1. The molecule has 0 heterocycles. The van der Waals surface area contributed by atoms with Gasteiger partial charge >= 0.3 is 0 Å². The smallest absolute Gasteiger partial charge is 0.271 e. The highest BCUT2D eigenvalue weighted by Gasteiger charge is 2.28. The summed E-state index contributed by atoms with van der Waals surface area (Å²) in [5, 5.41) is 10.9. The lowest BCUT2D eigenvalue weighted by Gasteiger charge is -2.24. The highest BCUT2D eigenvalue weighted by atomic mass is 35.5. The largest absolute Gasteiger partial charge is 0.329 e. The van der Waals surface area contributed by atoms with Gasteiger partial charge in [-0.25, -0.2) is 13.1 Å². The van der Waals surface area contributed by atoms with E-state index in [1.54, 1.807) is 27.7 Å². The second-order valence-corrected chi connectivity index (χ2v) is 6.99. The molecule has 0 amide bonds. The summed E-state index contributed by atoms with van der Waals surface area (Å²) < 4.78 is 27.2. The Morgan fingerprint density at radius 3 is 2.29 bits per heavy atom. The minimum atomic E-state index is -3.87. The van der Waals surface area contributed by atoms with Crippen LogP contribution in [0, 0.1) is 24.0 Å². The van der Waals surface area contributed by atoms with Gasteiger partial charge in [-0.05, 0) is 38.8 Å². The van der Waals surface area contributed by atoms with Gasteiger partial charge in [0.15, 0.2) is 0 Å². The van der Waals surface area contributed by atoms with Crippen molar-refractivity contribution < 1.29 is 13.3 Å². The van der Waals surface area contributed by atoms with Crippen molar-refractivity contribution in [2.45, 2.75) is 38.1 Å². The number of hydrogen-bond acceptors (Lipinski definition) is 5. The molecule has 1 aromatic carbocycles. The van der Waals surface area contributed by atoms with Crippen molar-refractivity contribution in [1.82, 2.24) is 4.72 Å². The number of non-ortho nitro benzene ring substituents is 1. The zero-order valence-electron chi connectivity index (χ0n) is 12.3. The molecule has 0 spiro atoms. The average molecular weight is 338 g/mol. The molecule has 0 unspecified atom stereocenters. The number of nitrogens with zero attached hydrogens (tertiary/aromatic N) is 1. The Morgan fingerprint density at radius 2 is 1.86 bits per heavy atom. The van der Waals surface area contributed by atoms with Crippen molar-refractivity contribution in [2.24, 2.45) is 5.73 Å². The van der Waals surface area contributed by atoms with Crippen molar-refractivity contribution >= 4 is 28.1 Å². The van der Waals surface area contributed by atoms with Crippen LogP contribution in [0.2, 0.25) is 0 Å². The number of nitro benzene ring substituents is 1. The highest BCUT2D eigenvalue weighted by molar-refractivity contribution is 7.89. The third-order valence-corrected chi connectivity index (χ3v) is 4.85. The first-order valence-corrected chi connectivity index (χ1v) is 7.48. The summed E-state index contributed by atoms with van der Waals surface area (Å²) in [6.07, 6.45) is 0. The van der Waals surface area contributed by atoms with Crippen LogP contribution >= 0.6 is 12.4 Å². The van der Waals surface area contributed by atoms with Gasteiger partial charge in [0.05, 0.1) is 9.82 Å². The molecule has 120 valence electrons. The molecule has 3 N–H and O–H groups in total. The molecular formula is C12H20ClN3O4S. The van der Waals surface area contributed by atoms with Gasteiger partial charge in [-0.3, -0.25) is 10.1 Å². The number of nitrogens with two attached hydrogens (primary N) is 1. The van der Waals surface area contributed by atoms with Crippen LogP contribution in [0.1, 0.15) is 25.0 Å². The van der Waals surface area contributed by atoms with E-state index < -0.39 is 20.5 Å². The maximum absolute atomic E-state index is 12.4. The molecule has 21 heavy (non-hydrogen) atoms. The molecule has 0 aromatic heterocycles. The van der Waals surface area contributed by atoms with E-state index in [1.807, 2.05) is 0 Å². The number of sulfonamides is 1. The van der Waals surface area contributed by atoms with Gasteiger partial charge < -0.3 is 5.73 Å². The monoisotopic (exact) mass is 337 g/mol. The van der Waals surface area contributed by atoms with E-state index >= 15 is 0 Å². The minimum absolute atomic E-state index is 0. The van der Waals surface area contributed by atoms with Gasteiger partial charge in [0.2, 0.25) is 10.0 Å². The Hall–Kier alpha value is -1.22. The molecular weight excluding hydrogens is 318 g/mol. The summed E-state index contributed by atoms with van der Waals surface area (Å²) in [6, 6.07) is 2.42. The predicted octanol–water partition coefficient (Wildman–Crippen LogP) is 1.65. The fourth-order valence-corrected chi connectivity index (χ4v) is 3.41. The minimum Gasteiger partial charge on any atom is -0.329 e. The van der Waals surface area contributed by atoms with Gasteiger partial charge in [-0.1, -0.05) is 0 Å². The molecule has 7 nitrogen and oxygen atoms in total. The fourth-order valence-electron chi connectivity index (χ4n) is 1.65. The summed E-state index contributed by atoms with van der Waals surface area (Å²) in [6.45, 7) is 6.64. The molecule has 0 aliphatic carbocycles. The lowest BCUT2D eigenvalue weighted by atomic mass is 10.1. The van der Waals surface area contributed by atoms with Crippen LogP contribution < -0.4 is 10.5 Å². The van der Waals surface area contributed by atoms with Crippen LogP contribution in [0.5, 0.6) is 0 Å². The second kappa shape index (κ2) is 6.69. The number of rotatable bonds is 5. The quantitative estimate of drug-likeness (QED) is 0.626. The third-order valence-electron chi connectivity index (χ3n) is 3.03. The third kappa shape index (κ3) is 4.63.